The first-order valence-electron chi connectivity index (χ1n) is 8.63. The van der Waals surface area contributed by atoms with Crippen molar-refractivity contribution in [2.75, 3.05) is 20.1 Å². The van der Waals surface area contributed by atoms with Gasteiger partial charge in [0, 0.05) is 33.1 Å². The highest BCUT2D eigenvalue weighted by molar-refractivity contribution is 5.79. The van der Waals surface area contributed by atoms with E-state index in [4.69, 9.17) is 0 Å². The zero-order valence-electron chi connectivity index (χ0n) is 13.8. The molecule has 22 heavy (non-hydrogen) atoms. The fourth-order valence-corrected chi connectivity index (χ4v) is 3.24. The van der Waals surface area contributed by atoms with E-state index in [0.717, 1.165) is 55.6 Å². The van der Waals surface area contributed by atoms with Gasteiger partial charge in [0.1, 0.15) is 12.2 Å². The van der Waals surface area contributed by atoms with Crippen LogP contribution < -0.4 is 10.6 Å². The van der Waals surface area contributed by atoms with Crippen LogP contribution in [0, 0.1) is 17.8 Å². The van der Waals surface area contributed by atoms with Crippen molar-refractivity contribution in [3.63, 3.8) is 0 Å². The van der Waals surface area contributed by atoms with Gasteiger partial charge in [-0.05, 0) is 43.4 Å². The van der Waals surface area contributed by atoms with Gasteiger partial charge >= 0.3 is 0 Å². The Morgan fingerprint density at radius 3 is 2.64 bits per heavy atom. The van der Waals surface area contributed by atoms with E-state index >= 15 is 0 Å². The van der Waals surface area contributed by atoms with Crippen molar-refractivity contribution in [2.45, 2.75) is 45.6 Å². The molecule has 6 nitrogen and oxygen atoms in total. The average molecular weight is 304 g/mol. The molecule has 3 rings (SSSR count). The van der Waals surface area contributed by atoms with Crippen LogP contribution in [0.15, 0.2) is 11.3 Å². The maximum absolute atomic E-state index is 4.33. The lowest BCUT2D eigenvalue weighted by Gasteiger charge is -2.19. The molecule has 1 aromatic rings. The molecule has 1 heterocycles. The Morgan fingerprint density at radius 2 is 2.05 bits per heavy atom. The summed E-state index contributed by atoms with van der Waals surface area (Å²) in [5.74, 6) is 4.76. The SMILES string of the molecule is CCc1nncn1CCNC(=NC)NCC(C1CC1)C1CC1. The fourth-order valence-electron chi connectivity index (χ4n) is 3.24. The molecule has 2 saturated carbocycles. The molecule has 0 atom stereocenters. The predicted molar refractivity (Wildman–Crippen MR) is 87.7 cm³/mol. The van der Waals surface area contributed by atoms with Gasteiger partial charge < -0.3 is 15.2 Å². The van der Waals surface area contributed by atoms with E-state index < -0.39 is 0 Å². The number of aryl methyl sites for hydroxylation is 1. The third kappa shape index (κ3) is 3.99. The van der Waals surface area contributed by atoms with Gasteiger partial charge in [-0.3, -0.25) is 4.99 Å². The fraction of sp³-hybridized carbons (Fsp3) is 0.812. The zero-order valence-corrected chi connectivity index (χ0v) is 13.8. The maximum Gasteiger partial charge on any atom is 0.191 e. The minimum atomic E-state index is 0.836. The van der Waals surface area contributed by atoms with E-state index in [-0.39, 0.29) is 0 Å². The Bertz CT molecular complexity index is 488. The molecule has 2 N–H and O–H groups in total. The zero-order chi connectivity index (χ0) is 15.4. The van der Waals surface area contributed by atoms with Crippen LogP contribution >= 0.6 is 0 Å². The quantitative estimate of drug-likeness (QED) is 0.563. The normalized spacial score (nSPS) is 18.8. The first-order chi connectivity index (χ1) is 10.8. The molecule has 0 amide bonds. The van der Waals surface area contributed by atoms with Crippen LogP contribution in [0.4, 0.5) is 0 Å². The molecule has 2 aliphatic rings. The second-order valence-corrected chi connectivity index (χ2v) is 6.51. The number of hydrogen-bond acceptors (Lipinski definition) is 3. The Hall–Kier alpha value is -1.59. The molecular weight excluding hydrogens is 276 g/mol. The number of rotatable bonds is 8. The van der Waals surface area contributed by atoms with Gasteiger partial charge in [0.05, 0.1) is 0 Å². The highest BCUT2D eigenvalue weighted by Crippen LogP contribution is 2.48. The van der Waals surface area contributed by atoms with Crippen LogP contribution in [0.5, 0.6) is 0 Å². The van der Waals surface area contributed by atoms with Crippen LogP contribution in [0.25, 0.3) is 0 Å². The highest BCUT2D eigenvalue weighted by atomic mass is 15.3. The van der Waals surface area contributed by atoms with Crippen molar-refractivity contribution in [1.82, 2.24) is 25.4 Å². The number of nitrogens with zero attached hydrogens (tertiary/aromatic N) is 4. The third-order valence-corrected chi connectivity index (χ3v) is 4.84. The lowest BCUT2D eigenvalue weighted by molar-refractivity contribution is 0.400. The van der Waals surface area contributed by atoms with Gasteiger partial charge in [0.2, 0.25) is 0 Å². The number of aliphatic imine (C=N–C) groups is 1. The number of nitrogens with one attached hydrogen (secondary N) is 2. The van der Waals surface area contributed by atoms with Crippen molar-refractivity contribution >= 4 is 5.96 Å². The summed E-state index contributed by atoms with van der Waals surface area (Å²) >= 11 is 0. The second kappa shape index (κ2) is 7.11. The van der Waals surface area contributed by atoms with Crippen molar-refractivity contribution in [3.05, 3.63) is 12.2 Å². The van der Waals surface area contributed by atoms with Crippen molar-refractivity contribution in [1.29, 1.82) is 0 Å². The molecular formula is C16H28N6. The minimum absolute atomic E-state index is 0.836. The van der Waals surface area contributed by atoms with Crippen LogP contribution in [-0.2, 0) is 13.0 Å². The summed E-state index contributed by atoms with van der Waals surface area (Å²) in [6.07, 6.45) is 8.44. The Kier molecular flexibility index (Phi) is 4.95. The van der Waals surface area contributed by atoms with Crippen molar-refractivity contribution in [2.24, 2.45) is 22.7 Å². The first-order valence-corrected chi connectivity index (χ1v) is 8.63. The van der Waals surface area contributed by atoms with Crippen LogP contribution in [0.3, 0.4) is 0 Å². The first kappa shape index (κ1) is 15.3. The largest absolute Gasteiger partial charge is 0.356 e. The molecule has 0 spiro atoms. The van der Waals surface area contributed by atoms with E-state index in [9.17, 15) is 0 Å². The molecule has 0 unspecified atom stereocenters. The summed E-state index contributed by atoms with van der Waals surface area (Å²) in [5.41, 5.74) is 0. The van der Waals surface area contributed by atoms with E-state index in [0.29, 0.717) is 0 Å². The van der Waals surface area contributed by atoms with E-state index in [2.05, 4.69) is 37.3 Å². The van der Waals surface area contributed by atoms with E-state index in [1.54, 1.807) is 6.33 Å². The lowest BCUT2D eigenvalue weighted by Crippen LogP contribution is -2.41. The molecule has 0 saturated heterocycles. The van der Waals surface area contributed by atoms with Gasteiger partial charge in [0.15, 0.2) is 5.96 Å². The summed E-state index contributed by atoms with van der Waals surface area (Å²) in [4.78, 5) is 4.33. The predicted octanol–water partition coefficient (Wildman–Crippen LogP) is 1.44. The molecule has 0 aliphatic heterocycles. The highest BCUT2D eigenvalue weighted by Gasteiger charge is 2.41. The number of hydrogen-bond donors (Lipinski definition) is 2. The van der Waals surface area contributed by atoms with Crippen LogP contribution in [0.2, 0.25) is 0 Å². The molecule has 122 valence electrons. The third-order valence-electron chi connectivity index (χ3n) is 4.84. The van der Waals surface area contributed by atoms with Gasteiger partial charge in [-0.1, -0.05) is 6.92 Å². The maximum atomic E-state index is 4.33. The summed E-state index contributed by atoms with van der Waals surface area (Å²) in [6, 6.07) is 0. The monoisotopic (exact) mass is 304 g/mol. The van der Waals surface area contributed by atoms with Crippen LogP contribution in [0.1, 0.15) is 38.4 Å². The van der Waals surface area contributed by atoms with E-state index in [1.165, 1.54) is 25.7 Å². The van der Waals surface area contributed by atoms with Gasteiger partial charge in [-0.25, -0.2) is 0 Å². The molecule has 0 radical (unpaired) electrons. The van der Waals surface area contributed by atoms with Gasteiger partial charge in [-0.15, -0.1) is 10.2 Å². The van der Waals surface area contributed by atoms with Crippen molar-refractivity contribution < 1.29 is 0 Å². The average Bonchev–Trinajstić information content (AvgIpc) is 3.46. The van der Waals surface area contributed by atoms with Gasteiger partial charge in [0.25, 0.3) is 0 Å². The topological polar surface area (TPSA) is 67.1 Å². The standard InChI is InChI=1S/C16H28N6/c1-3-15-21-20-11-22(15)9-8-18-16(17-2)19-10-14(12-4-5-12)13-6-7-13/h11-14H,3-10H2,1-2H3,(H2,17,18,19). The molecule has 2 aliphatic carbocycles. The van der Waals surface area contributed by atoms with Gasteiger partial charge in [-0.2, -0.15) is 0 Å². The number of aromatic nitrogens is 3. The minimum Gasteiger partial charge on any atom is -0.356 e. The number of guanidine groups is 1. The summed E-state index contributed by atoms with van der Waals surface area (Å²) in [5, 5.41) is 15.0. The Labute approximate surface area is 132 Å². The molecule has 2 fully saturated rings. The smallest absolute Gasteiger partial charge is 0.191 e. The molecule has 0 aromatic carbocycles. The summed E-state index contributed by atoms with van der Waals surface area (Å²) in [6.45, 7) is 4.87. The Balaban J connectivity index is 1.40. The molecule has 6 heteroatoms. The molecule has 1 aromatic heterocycles. The summed E-state index contributed by atoms with van der Waals surface area (Å²) < 4.78 is 2.09. The van der Waals surface area contributed by atoms with Crippen LogP contribution in [-0.4, -0.2) is 40.9 Å². The lowest BCUT2D eigenvalue weighted by atomic mass is 9.98. The van der Waals surface area contributed by atoms with Crippen molar-refractivity contribution in [3.8, 4) is 0 Å². The summed E-state index contributed by atoms with van der Waals surface area (Å²) in [7, 11) is 1.84. The second-order valence-electron chi connectivity index (χ2n) is 6.51. The van der Waals surface area contributed by atoms with E-state index in [1.807, 2.05) is 7.05 Å². The Morgan fingerprint density at radius 1 is 1.32 bits per heavy atom. The molecule has 0 bridgehead atoms.